The van der Waals surface area contributed by atoms with Crippen LogP contribution in [0.5, 0.6) is 5.75 Å². The highest BCUT2D eigenvalue weighted by Crippen LogP contribution is 2.39. The molecule has 0 amide bonds. The van der Waals surface area contributed by atoms with Gasteiger partial charge in [0.05, 0.1) is 19.8 Å². The molecule has 26 heavy (non-hydrogen) atoms. The van der Waals surface area contributed by atoms with Crippen molar-refractivity contribution in [1.82, 2.24) is 4.98 Å². The van der Waals surface area contributed by atoms with E-state index in [2.05, 4.69) is 11.9 Å². The number of esters is 1. The number of carbonyl (C=O) groups is 1. The van der Waals surface area contributed by atoms with Crippen molar-refractivity contribution in [2.24, 2.45) is 0 Å². The number of methoxy groups -OCH3 is 2. The van der Waals surface area contributed by atoms with Crippen molar-refractivity contribution in [2.75, 3.05) is 20.0 Å². The summed E-state index contributed by atoms with van der Waals surface area (Å²) in [5, 5.41) is 1.11. The molecule has 0 aliphatic rings. The zero-order valence-corrected chi connectivity index (χ0v) is 15.3. The van der Waals surface area contributed by atoms with Crippen molar-refractivity contribution in [3.8, 4) is 5.75 Å². The van der Waals surface area contributed by atoms with Gasteiger partial charge in [-0.15, -0.1) is 0 Å². The predicted octanol–water partition coefficient (Wildman–Crippen LogP) is 4.48. The van der Waals surface area contributed by atoms with Gasteiger partial charge in [0, 0.05) is 34.3 Å². The first-order valence-electron chi connectivity index (χ1n) is 8.71. The van der Waals surface area contributed by atoms with Crippen LogP contribution < -0.4 is 10.5 Å². The summed E-state index contributed by atoms with van der Waals surface area (Å²) in [6.07, 6.45) is 4.01. The molecule has 136 valence electrons. The highest BCUT2D eigenvalue weighted by molar-refractivity contribution is 5.90. The maximum absolute atomic E-state index is 11.8. The molecular formula is C21H24N2O3. The monoisotopic (exact) mass is 352 g/mol. The Labute approximate surface area is 153 Å². The average Bonchev–Trinajstić information content (AvgIpc) is 3.07. The Hall–Kier alpha value is -2.95. The van der Waals surface area contributed by atoms with Gasteiger partial charge >= 0.3 is 5.97 Å². The number of benzene rings is 2. The molecule has 0 saturated heterocycles. The Morgan fingerprint density at radius 2 is 1.96 bits per heavy atom. The summed E-state index contributed by atoms with van der Waals surface area (Å²) in [7, 11) is 3.00. The molecule has 3 aromatic rings. The number of anilines is 1. The molecule has 0 saturated carbocycles. The van der Waals surface area contributed by atoms with Crippen LogP contribution in [0.15, 0.2) is 42.6 Å². The Kier molecular flexibility index (Phi) is 5.16. The maximum atomic E-state index is 11.8. The van der Waals surface area contributed by atoms with Crippen LogP contribution in [0.2, 0.25) is 0 Å². The van der Waals surface area contributed by atoms with E-state index in [-0.39, 0.29) is 11.9 Å². The van der Waals surface area contributed by atoms with Crippen LogP contribution in [-0.2, 0) is 4.74 Å². The summed E-state index contributed by atoms with van der Waals surface area (Å²) in [4.78, 5) is 15.2. The fourth-order valence-corrected chi connectivity index (χ4v) is 3.46. The predicted molar refractivity (Wildman–Crippen MR) is 104 cm³/mol. The highest BCUT2D eigenvalue weighted by Gasteiger charge is 2.22. The van der Waals surface area contributed by atoms with Gasteiger partial charge in [-0.3, -0.25) is 0 Å². The van der Waals surface area contributed by atoms with E-state index >= 15 is 0 Å². The van der Waals surface area contributed by atoms with E-state index in [1.165, 1.54) is 12.7 Å². The number of nitrogen functional groups attached to an aromatic ring is 1. The van der Waals surface area contributed by atoms with Gasteiger partial charge in [0.25, 0.3) is 0 Å². The summed E-state index contributed by atoms with van der Waals surface area (Å²) in [5.74, 6) is 0.448. The molecule has 1 aromatic heterocycles. The standard InChI is InChI=1S/C21H24N2O3/c1-4-5-15(18-12-23-19-9-7-14(22)11-17(18)19)16-8-6-13(21(24)26-3)10-20(16)25-2/h6-12,15,23H,4-5,22H2,1-3H3. The average molecular weight is 352 g/mol. The number of hydrogen-bond acceptors (Lipinski definition) is 4. The van der Waals surface area contributed by atoms with Gasteiger partial charge in [-0.05, 0) is 42.3 Å². The summed E-state index contributed by atoms with van der Waals surface area (Å²) in [6, 6.07) is 11.4. The van der Waals surface area contributed by atoms with Crippen LogP contribution in [0.1, 0.15) is 47.2 Å². The minimum atomic E-state index is -0.373. The summed E-state index contributed by atoms with van der Waals surface area (Å²) < 4.78 is 10.4. The Morgan fingerprint density at radius 3 is 2.65 bits per heavy atom. The topological polar surface area (TPSA) is 77.3 Å². The third kappa shape index (κ3) is 3.25. The largest absolute Gasteiger partial charge is 0.496 e. The second-order valence-corrected chi connectivity index (χ2v) is 6.34. The lowest BCUT2D eigenvalue weighted by Crippen LogP contribution is -2.06. The van der Waals surface area contributed by atoms with Gasteiger partial charge < -0.3 is 20.2 Å². The Morgan fingerprint density at radius 1 is 1.15 bits per heavy atom. The number of H-pyrrole nitrogens is 1. The quantitative estimate of drug-likeness (QED) is 0.506. The molecule has 0 aliphatic carbocycles. The number of carbonyl (C=O) groups excluding carboxylic acids is 1. The van der Waals surface area contributed by atoms with Crippen molar-refractivity contribution in [3.63, 3.8) is 0 Å². The molecule has 1 heterocycles. The van der Waals surface area contributed by atoms with E-state index in [0.29, 0.717) is 11.3 Å². The van der Waals surface area contributed by atoms with Gasteiger partial charge in [-0.2, -0.15) is 0 Å². The highest BCUT2D eigenvalue weighted by atomic mass is 16.5. The van der Waals surface area contributed by atoms with E-state index < -0.39 is 0 Å². The lowest BCUT2D eigenvalue weighted by Gasteiger charge is -2.20. The number of hydrogen-bond donors (Lipinski definition) is 2. The fraction of sp³-hybridized carbons (Fsp3) is 0.286. The molecule has 5 heteroatoms. The van der Waals surface area contributed by atoms with Crippen molar-refractivity contribution in [2.45, 2.75) is 25.7 Å². The normalized spacial score (nSPS) is 12.1. The summed E-state index contributed by atoms with van der Waals surface area (Å²) >= 11 is 0. The van der Waals surface area contributed by atoms with Crippen LogP contribution in [-0.4, -0.2) is 25.2 Å². The Bertz CT molecular complexity index is 930. The smallest absolute Gasteiger partial charge is 0.337 e. The van der Waals surface area contributed by atoms with Gasteiger partial charge in [0.1, 0.15) is 5.75 Å². The van der Waals surface area contributed by atoms with Crippen LogP contribution in [0, 0.1) is 0 Å². The van der Waals surface area contributed by atoms with Crippen LogP contribution >= 0.6 is 0 Å². The first-order chi connectivity index (χ1) is 12.6. The van der Waals surface area contributed by atoms with Gasteiger partial charge in [0.2, 0.25) is 0 Å². The maximum Gasteiger partial charge on any atom is 0.337 e. The molecule has 0 fully saturated rings. The van der Waals surface area contributed by atoms with Crippen LogP contribution in [0.3, 0.4) is 0 Å². The number of nitrogens with one attached hydrogen (secondary N) is 1. The SMILES string of the molecule is CCCC(c1ccc(C(=O)OC)cc1OC)c1c[nH]c2ccc(N)cc12. The van der Waals surface area contributed by atoms with Crippen molar-refractivity contribution in [1.29, 1.82) is 0 Å². The molecule has 0 radical (unpaired) electrons. The number of ether oxygens (including phenoxy) is 2. The van der Waals surface area contributed by atoms with E-state index in [1.54, 1.807) is 19.2 Å². The van der Waals surface area contributed by atoms with E-state index in [1.807, 2.05) is 30.5 Å². The zero-order valence-electron chi connectivity index (χ0n) is 15.3. The van der Waals surface area contributed by atoms with Gasteiger partial charge in [-0.25, -0.2) is 4.79 Å². The van der Waals surface area contributed by atoms with E-state index in [0.717, 1.165) is 35.0 Å². The number of aromatic nitrogens is 1. The minimum Gasteiger partial charge on any atom is -0.496 e. The lowest BCUT2D eigenvalue weighted by molar-refractivity contribution is 0.0600. The number of nitrogens with two attached hydrogens (primary N) is 1. The van der Waals surface area contributed by atoms with Crippen molar-refractivity contribution >= 4 is 22.6 Å². The van der Waals surface area contributed by atoms with Crippen LogP contribution in [0.4, 0.5) is 5.69 Å². The number of aromatic amines is 1. The van der Waals surface area contributed by atoms with Crippen molar-refractivity contribution < 1.29 is 14.3 Å². The molecule has 5 nitrogen and oxygen atoms in total. The molecule has 1 atom stereocenters. The first-order valence-corrected chi connectivity index (χ1v) is 8.71. The summed E-state index contributed by atoms with van der Waals surface area (Å²) in [6.45, 7) is 2.16. The molecule has 0 bridgehead atoms. The second-order valence-electron chi connectivity index (χ2n) is 6.34. The number of rotatable bonds is 6. The second kappa shape index (κ2) is 7.52. The molecule has 3 rings (SSSR count). The zero-order chi connectivity index (χ0) is 18.7. The molecule has 2 aromatic carbocycles. The first kappa shape index (κ1) is 17.9. The number of fused-ring (bicyclic) bond motifs is 1. The summed E-state index contributed by atoms with van der Waals surface area (Å²) in [5.41, 5.74) is 10.5. The molecule has 0 aliphatic heterocycles. The molecular weight excluding hydrogens is 328 g/mol. The lowest BCUT2D eigenvalue weighted by atomic mass is 9.86. The third-order valence-corrected chi connectivity index (χ3v) is 4.72. The fourth-order valence-electron chi connectivity index (χ4n) is 3.46. The van der Waals surface area contributed by atoms with E-state index in [9.17, 15) is 4.79 Å². The molecule has 3 N–H and O–H groups in total. The van der Waals surface area contributed by atoms with E-state index in [4.69, 9.17) is 15.2 Å². The molecule has 0 spiro atoms. The van der Waals surface area contributed by atoms with Gasteiger partial charge in [-0.1, -0.05) is 19.4 Å². The Balaban J connectivity index is 2.13. The third-order valence-electron chi connectivity index (χ3n) is 4.72. The van der Waals surface area contributed by atoms with Gasteiger partial charge in [0.15, 0.2) is 0 Å². The van der Waals surface area contributed by atoms with Crippen molar-refractivity contribution in [3.05, 3.63) is 59.3 Å². The molecule has 1 unspecified atom stereocenters. The minimum absolute atomic E-state index is 0.136. The van der Waals surface area contributed by atoms with Crippen LogP contribution in [0.25, 0.3) is 10.9 Å².